The number of carbonyl (C=O) groups excluding carboxylic acids is 2. The van der Waals surface area contributed by atoms with Crippen molar-refractivity contribution in [3.8, 4) is 27.8 Å². The average Bonchev–Trinajstić information content (AvgIpc) is 3.52. The summed E-state index contributed by atoms with van der Waals surface area (Å²) < 4.78 is 16.2. The molecule has 3 amide bonds. The summed E-state index contributed by atoms with van der Waals surface area (Å²) in [7, 11) is 0. The first kappa shape index (κ1) is 24.3. The highest BCUT2D eigenvalue weighted by atomic mass is 32.1. The van der Waals surface area contributed by atoms with Gasteiger partial charge in [-0.3, -0.25) is 10.1 Å². The maximum Gasteiger partial charge on any atom is 0.319 e. The van der Waals surface area contributed by atoms with E-state index < -0.39 is 12.1 Å². The molecule has 184 valence electrons. The SMILES string of the molecule is CCOc1ccc(NC(=O)N[C@@H](C(=O)Nc2nnc(-c3ccc4c(c3)OCO4)s2)[C@H](C)CC)cc1. The number of nitrogens with zero attached hydrogens (tertiary/aromatic N) is 2. The monoisotopic (exact) mass is 497 g/mol. The molecule has 2 heterocycles. The van der Waals surface area contributed by atoms with Crippen LogP contribution in [-0.4, -0.2) is 41.6 Å². The second kappa shape index (κ2) is 11.0. The van der Waals surface area contributed by atoms with Crippen LogP contribution >= 0.6 is 11.3 Å². The molecule has 0 bridgehead atoms. The van der Waals surface area contributed by atoms with E-state index in [0.717, 1.165) is 5.56 Å². The van der Waals surface area contributed by atoms with Crippen molar-refractivity contribution in [2.75, 3.05) is 24.0 Å². The van der Waals surface area contributed by atoms with Crippen LogP contribution in [0.4, 0.5) is 15.6 Å². The minimum absolute atomic E-state index is 0.109. The lowest BCUT2D eigenvalue weighted by atomic mass is 9.98. The lowest BCUT2D eigenvalue weighted by Gasteiger charge is -2.23. The molecule has 10 nitrogen and oxygen atoms in total. The maximum absolute atomic E-state index is 13.0. The molecule has 3 aromatic rings. The molecule has 1 aromatic heterocycles. The zero-order chi connectivity index (χ0) is 24.8. The second-order valence-corrected chi connectivity index (χ2v) is 8.87. The highest BCUT2D eigenvalue weighted by molar-refractivity contribution is 7.18. The Morgan fingerprint density at radius 1 is 1.06 bits per heavy atom. The van der Waals surface area contributed by atoms with Crippen LogP contribution in [0.15, 0.2) is 42.5 Å². The topological polar surface area (TPSA) is 124 Å². The number of amides is 3. The first-order chi connectivity index (χ1) is 17.0. The Hall–Kier alpha value is -3.86. The molecule has 1 aliphatic heterocycles. The number of rotatable bonds is 9. The van der Waals surface area contributed by atoms with Gasteiger partial charge in [-0.25, -0.2) is 4.79 Å². The number of carbonyl (C=O) groups is 2. The number of ether oxygens (including phenoxy) is 3. The molecule has 0 spiro atoms. The predicted octanol–water partition coefficient (Wildman–Crippen LogP) is 4.51. The summed E-state index contributed by atoms with van der Waals surface area (Å²) in [6.07, 6.45) is 0.694. The molecule has 35 heavy (non-hydrogen) atoms. The largest absolute Gasteiger partial charge is 0.494 e. The van der Waals surface area contributed by atoms with Crippen molar-refractivity contribution in [1.82, 2.24) is 15.5 Å². The van der Waals surface area contributed by atoms with Crippen molar-refractivity contribution in [2.24, 2.45) is 5.92 Å². The minimum atomic E-state index is -0.763. The van der Waals surface area contributed by atoms with Crippen LogP contribution in [0.2, 0.25) is 0 Å². The zero-order valence-electron chi connectivity index (χ0n) is 19.7. The fourth-order valence-electron chi connectivity index (χ4n) is 3.41. The number of benzene rings is 2. The summed E-state index contributed by atoms with van der Waals surface area (Å²) in [5.41, 5.74) is 1.39. The third-order valence-electron chi connectivity index (χ3n) is 5.48. The molecular formula is C24H27N5O5S. The van der Waals surface area contributed by atoms with Gasteiger partial charge in [0.1, 0.15) is 16.8 Å². The summed E-state index contributed by atoms with van der Waals surface area (Å²) in [4.78, 5) is 25.7. The number of nitrogens with one attached hydrogen (secondary N) is 3. The second-order valence-electron chi connectivity index (χ2n) is 7.89. The van der Waals surface area contributed by atoms with E-state index in [9.17, 15) is 9.59 Å². The fraction of sp³-hybridized carbons (Fsp3) is 0.333. The van der Waals surface area contributed by atoms with Crippen molar-refractivity contribution in [1.29, 1.82) is 0 Å². The van der Waals surface area contributed by atoms with Crippen LogP contribution in [0.5, 0.6) is 17.2 Å². The van der Waals surface area contributed by atoms with E-state index >= 15 is 0 Å². The van der Waals surface area contributed by atoms with Gasteiger partial charge < -0.3 is 24.8 Å². The number of hydrogen-bond acceptors (Lipinski definition) is 8. The average molecular weight is 498 g/mol. The molecule has 11 heteroatoms. The molecule has 1 aliphatic rings. The Bertz CT molecular complexity index is 1180. The lowest BCUT2D eigenvalue weighted by molar-refractivity contribution is -0.119. The van der Waals surface area contributed by atoms with Gasteiger partial charge in [-0.15, -0.1) is 10.2 Å². The third-order valence-corrected chi connectivity index (χ3v) is 6.37. The quantitative estimate of drug-likeness (QED) is 0.397. The van der Waals surface area contributed by atoms with Crippen molar-refractivity contribution in [2.45, 2.75) is 33.2 Å². The van der Waals surface area contributed by atoms with Crippen LogP contribution in [0, 0.1) is 5.92 Å². The molecule has 0 radical (unpaired) electrons. The van der Waals surface area contributed by atoms with Gasteiger partial charge in [0.25, 0.3) is 0 Å². The molecule has 4 rings (SSSR count). The molecule has 3 N–H and O–H groups in total. The molecule has 0 fully saturated rings. The lowest BCUT2D eigenvalue weighted by Crippen LogP contribution is -2.49. The Morgan fingerprint density at radius 2 is 1.83 bits per heavy atom. The van der Waals surface area contributed by atoms with E-state index in [4.69, 9.17) is 14.2 Å². The first-order valence-electron chi connectivity index (χ1n) is 11.3. The smallest absolute Gasteiger partial charge is 0.319 e. The van der Waals surface area contributed by atoms with Gasteiger partial charge >= 0.3 is 6.03 Å². The van der Waals surface area contributed by atoms with Gasteiger partial charge in [-0.05, 0) is 55.3 Å². The first-order valence-corrected chi connectivity index (χ1v) is 12.1. The summed E-state index contributed by atoms with van der Waals surface area (Å²) >= 11 is 1.23. The van der Waals surface area contributed by atoms with E-state index in [1.165, 1.54) is 11.3 Å². The normalized spacial score (nSPS) is 13.6. The van der Waals surface area contributed by atoms with Crippen LogP contribution in [0.3, 0.4) is 0 Å². The minimum Gasteiger partial charge on any atom is -0.494 e. The number of hydrogen-bond donors (Lipinski definition) is 3. The van der Waals surface area contributed by atoms with Crippen LogP contribution in [0.1, 0.15) is 27.2 Å². The summed E-state index contributed by atoms with van der Waals surface area (Å²) in [5.74, 6) is 1.56. The van der Waals surface area contributed by atoms with E-state index in [-0.39, 0.29) is 18.6 Å². The van der Waals surface area contributed by atoms with Crippen molar-refractivity contribution in [3.63, 3.8) is 0 Å². The molecule has 0 aliphatic carbocycles. The molecule has 0 unspecified atom stereocenters. The Balaban J connectivity index is 1.39. The molecule has 2 atom stereocenters. The Kier molecular flexibility index (Phi) is 7.66. The van der Waals surface area contributed by atoms with E-state index in [1.807, 2.05) is 39.0 Å². The van der Waals surface area contributed by atoms with Crippen LogP contribution in [0.25, 0.3) is 10.6 Å². The number of aromatic nitrogens is 2. The van der Waals surface area contributed by atoms with E-state index in [2.05, 4.69) is 26.1 Å². The van der Waals surface area contributed by atoms with Crippen molar-refractivity contribution in [3.05, 3.63) is 42.5 Å². The fourth-order valence-corrected chi connectivity index (χ4v) is 4.16. The maximum atomic E-state index is 13.0. The summed E-state index contributed by atoms with van der Waals surface area (Å²) in [5, 5.41) is 17.5. The molecule has 0 saturated heterocycles. The van der Waals surface area contributed by atoms with Gasteiger partial charge in [-0.1, -0.05) is 31.6 Å². The number of urea groups is 1. The Morgan fingerprint density at radius 3 is 2.57 bits per heavy atom. The van der Waals surface area contributed by atoms with Gasteiger partial charge in [0.15, 0.2) is 11.5 Å². The molecule has 2 aromatic carbocycles. The van der Waals surface area contributed by atoms with Gasteiger partial charge in [-0.2, -0.15) is 0 Å². The standard InChI is InChI=1S/C24H27N5O5S/c1-4-14(3)20(26-23(31)25-16-7-9-17(10-8-16)32-5-2)21(30)27-24-29-28-22(35-24)15-6-11-18-19(12-15)34-13-33-18/h6-12,14,20H,4-5,13H2,1-3H3,(H2,25,26,31)(H,27,29,30)/t14-,20-/m1/s1. The highest BCUT2D eigenvalue weighted by Crippen LogP contribution is 2.37. The third kappa shape index (κ3) is 5.99. The Labute approximate surface area is 207 Å². The van der Waals surface area contributed by atoms with Gasteiger partial charge in [0.05, 0.1) is 6.61 Å². The van der Waals surface area contributed by atoms with E-state index in [0.29, 0.717) is 46.1 Å². The van der Waals surface area contributed by atoms with Gasteiger partial charge in [0, 0.05) is 11.3 Å². The summed E-state index contributed by atoms with van der Waals surface area (Å²) in [6.45, 7) is 6.51. The van der Waals surface area contributed by atoms with Crippen molar-refractivity contribution >= 4 is 34.1 Å². The van der Waals surface area contributed by atoms with Crippen molar-refractivity contribution < 1.29 is 23.8 Å². The molecule has 0 saturated carbocycles. The number of fused-ring (bicyclic) bond motifs is 1. The van der Waals surface area contributed by atoms with Crippen LogP contribution in [-0.2, 0) is 4.79 Å². The number of anilines is 2. The van der Waals surface area contributed by atoms with Gasteiger partial charge in [0.2, 0.25) is 17.8 Å². The predicted molar refractivity (Wildman–Crippen MR) is 133 cm³/mol. The van der Waals surface area contributed by atoms with E-state index in [1.54, 1.807) is 24.3 Å². The zero-order valence-corrected chi connectivity index (χ0v) is 20.5. The van der Waals surface area contributed by atoms with Crippen LogP contribution < -0.4 is 30.2 Å². The molecular weight excluding hydrogens is 470 g/mol. The summed E-state index contributed by atoms with van der Waals surface area (Å²) in [6, 6.07) is 11.3. The highest BCUT2D eigenvalue weighted by Gasteiger charge is 2.27.